The second-order valence-corrected chi connectivity index (χ2v) is 7.42. The van der Waals surface area contributed by atoms with Gasteiger partial charge in [-0.05, 0) is 60.4 Å². The molecule has 4 nitrogen and oxygen atoms in total. The van der Waals surface area contributed by atoms with Gasteiger partial charge in [-0.25, -0.2) is 0 Å². The molecule has 0 unspecified atom stereocenters. The third-order valence-corrected chi connectivity index (χ3v) is 5.22. The van der Waals surface area contributed by atoms with Crippen LogP contribution in [0.1, 0.15) is 27.0 Å². The average molecular weight is 386 g/mol. The number of nitrogens with one attached hydrogen (secondary N) is 1. The zero-order valence-electron chi connectivity index (χ0n) is 16.7. The van der Waals surface area contributed by atoms with Crippen molar-refractivity contribution in [2.75, 3.05) is 24.6 Å². The second kappa shape index (κ2) is 8.82. The summed E-state index contributed by atoms with van der Waals surface area (Å²) >= 11 is 0. The maximum atomic E-state index is 12.4. The Labute approximate surface area is 172 Å². The van der Waals surface area contributed by atoms with E-state index in [1.807, 2.05) is 55.5 Å². The Balaban J connectivity index is 1.26. The molecule has 0 saturated heterocycles. The van der Waals surface area contributed by atoms with Crippen LogP contribution in [0.3, 0.4) is 0 Å². The summed E-state index contributed by atoms with van der Waals surface area (Å²) in [6, 6.07) is 24.3. The molecule has 1 aliphatic rings. The molecule has 0 bridgehead atoms. The lowest BCUT2D eigenvalue weighted by molar-refractivity contribution is 0.0947. The van der Waals surface area contributed by atoms with Crippen LogP contribution in [0.5, 0.6) is 5.75 Å². The SMILES string of the molecule is Cc1cccc(OCCNC(=O)c2ccc(CN3CCc4ccccc43)cc2)c1. The van der Waals surface area contributed by atoms with Crippen LogP contribution in [0, 0.1) is 6.92 Å². The summed E-state index contributed by atoms with van der Waals surface area (Å²) in [5, 5.41) is 2.92. The molecule has 1 aliphatic heterocycles. The Morgan fingerprint density at radius 1 is 1.03 bits per heavy atom. The normalized spacial score (nSPS) is 12.5. The highest BCUT2D eigenvalue weighted by Crippen LogP contribution is 2.28. The minimum Gasteiger partial charge on any atom is -0.492 e. The zero-order valence-corrected chi connectivity index (χ0v) is 16.7. The van der Waals surface area contributed by atoms with Crippen LogP contribution in [0.25, 0.3) is 0 Å². The predicted molar refractivity (Wildman–Crippen MR) is 117 cm³/mol. The Hall–Kier alpha value is -3.27. The van der Waals surface area contributed by atoms with Crippen LogP contribution in [-0.4, -0.2) is 25.6 Å². The first-order valence-corrected chi connectivity index (χ1v) is 10.1. The van der Waals surface area contributed by atoms with Crippen molar-refractivity contribution in [1.82, 2.24) is 5.32 Å². The molecule has 148 valence electrons. The van der Waals surface area contributed by atoms with Crippen molar-refractivity contribution in [2.45, 2.75) is 19.9 Å². The van der Waals surface area contributed by atoms with Crippen LogP contribution in [0.15, 0.2) is 72.8 Å². The van der Waals surface area contributed by atoms with Gasteiger partial charge in [0.15, 0.2) is 0 Å². The molecule has 1 amide bonds. The third-order valence-electron chi connectivity index (χ3n) is 5.22. The molecule has 0 radical (unpaired) electrons. The lowest BCUT2D eigenvalue weighted by Crippen LogP contribution is -2.28. The first-order valence-electron chi connectivity index (χ1n) is 10.1. The van der Waals surface area contributed by atoms with Gasteiger partial charge in [0.1, 0.15) is 12.4 Å². The summed E-state index contributed by atoms with van der Waals surface area (Å²) in [7, 11) is 0. The number of hydrogen-bond donors (Lipinski definition) is 1. The largest absolute Gasteiger partial charge is 0.492 e. The Kier molecular flexibility index (Phi) is 5.80. The van der Waals surface area contributed by atoms with Crippen LogP contribution in [0.4, 0.5) is 5.69 Å². The summed E-state index contributed by atoms with van der Waals surface area (Å²) < 4.78 is 5.68. The molecule has 4 heteroatoms. The summed E-state index contributed by atoms with van der Waals surface area (Å²) in [5.41, 5.74) is 5.77. The summed E-state index contributed by atoms with van der Waals surface area (Å²) in [6.45, 7) is 4.85. The number of nitrogens with zero attached hydrogens (tertiary/aromatic N) is 1. The Morgan fingerprint density at radius 3 is 2.69 bits per heavy atom. The number of carbonyl (C=O) groups is 1. The monoisotopic (exact) mass is 386 g/mol. The zero-order chi connectivity index (χ0) is 20.1. The highest BCUT2D eigenvalue weighted by Gasteiger charge is 2.18. The number of carbonyl (C=O) groups excluding carboxylic acids is 1. The van der Waals surface area contributed by atoms with Gasteiger partial charge in [-0.15, -0.1) is 0 Å². The molecule has 0 saturated carbocycles. The fraction of sp³-hybridized carbons (Fsp3) is 0.240. The average Bonchev–Trinajstić information content (AvgIpc) is 3.15. The van der Waals surface area contributed by atoms with Crippen LogP contribution in [0.2, 0.25) is 0 Å². The van der Waals surface area contributed by atoms with E-state index in [9.17, 15) is 4.79 Å². The van der Waals surface area contributed by atoms with Gasteiger partial charge in [0.25, 0.3) is 5.91 Å². The van der Waals surface area contributed by atoms with E-state index in [1.54, 1.807) is 0 Å². The number of anilines is 1. The van der Waals surface area contributed by atoms with Crippen LogP contribution in [-0.2, 0) is 13.0 Å². The first-order chi connectivity index (χ1) is 14.2. The van der Waals surface area contributed by atoms with Crippen LogP contribution >= 0.6 is 0 Å². The van der Waals surface area contributed by atoms with Gasteiger partial charge in [0.2, 0.25) is 0 Å². The minimum atomic E-state index is -0.0732. The van der Waals surface area contributed by atoms with Gasteiger partial charge in [-0.2, -0.15) is 0 Å². The Morgan fingerprint density at radius 2 is 1.86 bits per heavy atom. The van der Waals surface area contributed by atoms with Crippen molar-refractivity contribution in [1.29, 1.82) is 0 Å². The van der Waals surface area contributed by atoms with E-state index in [2.05, 4.69) is 34.5 Å². The fourth-order valence-corrected chi connectivity index (χ4v) is 3.69. The molecular weight excluding hydrogens is 360 g/mol. The van der Waals surface area contributed by atoms with E-state index < -0.39 is 0 Å². The molecule has 3 aromatic carbocycles. The van der Waals surface area contributed by atoms with E-state index in [0.717, 1.165) is 30.8 Å². The Bertz CT molecular complexity index is 982. The number of benzene rings is 3. The van der Waals surface area contributed by atoms with Gasteiger partial charge in [-0.3, -0.25) is 4.79 Å². The topological polar surface area (TPSA) is 41.6 Å². The van der Waals surface area contributed by atoms with Crippen molar-refractivity contribution in [3.05, 3.63) is 95.1 Å². The highest BCUT2D eigenvalue weighted by molar-refractivity contribution is 5.94. The molecule has 1 heterocycles. The second-order valence-electron chi connectivity index (χ2n) is 7.42. The van der Waals surface area contributed by atoms with Crippen molar-refractivity contribution < 1.29 is 9.53 Å². The van der Waals surface area contributed by atoms with Crippen molar-refractivity contribution >= 4 is 11.6 Å². The number of para-hydroxylation sites is 1. The molecule has 4 rings (SSSR count). The molecule has 0 fully saturated rings. The van der Waals surface area contributed by atoms with Gasteiger partial charge < -0.3 is 15.0 Å². The van der Waals surface area contributed by atoms with Gasteiger partial charge in [0.05, 0.1) is 6.54 Å². The maximum Gasteiger partial charge on any atom is 0.251 e. The molecule has 0 aliphatic carbocycles. The van der Waals surface area contributed by atoms with E-state index in [0.29, 0.717) is 18.7 Å². The third kappa shape index (κ3) is 4.77. The summed E-state index contributed by atoms with van der Waals surface area (Å²) in [5.74, 6) is 0.753. The van der Waals surface area contributed by atoms with E-state index in [-0.39, 0.29) is 5.91 Å². The number of amides is 1. The molecule has 0 aromatic heterocycles. The minimum absolute atomic E-state index is 0.0732. The quantitative estimate of drug-likeness (QED) is 0.613. The number of hydrogen-bond acceptors (Lipinski definition) is 3. The number of ether oxygens (including phenoxy) is 1. The molecule has 3 aromatic rings. The number of aryl methyl sites for hydroxylation is 1. The molecular formula is C25H26N2O2. The lowest BCUT2D eigenvalue weighted by atomic mass is 10.1. The summed E-state index contributed by atoms with van der Waals surface area (Å²) in [4.78, 5) is 14.7. The molecule has 0 atom stereocenters. The number of rotatable bonds is 7. The van der Waals surface area contributed by atoms with Crippen molar-refractivity contribution in [2.24, 2.45) is 0 Å². The molecule has 0 spiro atoms. The number of fused-ring (bicyclic) bond motifs is 1. The smallest absolute Gasteiger partial charge is 0.251 e. The highest BCUT2D eigenvalue weighted by atomic mass is 16.5. The maximum absolute atomic E-state index is 12.4. The lowest BCUT2D eigenvalue weighted by Gasteiger charge is -2.19. The van der Waals surface area contributed by atoms with Crippen LogP contribution < -0.4 is 15.0 Å². The van der Waals surface area contributed by atoms with E-state index >= 15 is 0 Å². The van der Waals surface area contributed by atoms with E-state index in [1.165, 1.54) is 16.8 Å². The summed E-state index contributed by atoms with van der Waals surface area (Å²) in [6.07, 6.45) is 1.10. The fourth-order valence-electron chi connectivity index (χ4n) is 3.69. The van der Waals surface area contributed by atoms with E-state index in [4.69, 9.17) is 4.74 Å². The predicted octanol–water partition coefficient (Wildman–Crippen LogP) is 4.37. The van der Waals surface area contributed by atoms with Crippen molar-refractivity contribution in [3.63, 3.8) is 0 Å². The van der Waals surface area contributed by atoms with Gasteiger partial charge >= 0.3 is 0 Å². The van der Waals surface area contributed by atoms with Crippen molar-refractivity contribution in [3.8, 4) is 5.75 Å². The van der Waals surface area contributed by atoms with Gasteiger partial charge in [-0.1, -0.05) is 42.5 Å². The standard InChI is InChI=1S/C25H26N2O2/c1-19-5-4-7-23(17-19)29-16-14-26-25(28)22-11-9-20(10-12-22)18-27-15-13-21-6-2-3-8-24(21)27/h2-12,17H,13-16,18H2,1H3,(H,26,28). The molecule has 29 heavy (non-hydrogen) atoms. The molecule has 1 N–H and O–H groups in total. The first kappa shape index (κ1) is 19.1. The van der Waals surface area contributed by atoms with Gasteiger partial charge in [0, 0.05) is 24.3 Å².